The number of hydrogen-bond donors (Lipinski definition) is 0. The van der Waals surface area contributed by atoms with Crippen LogP contribution >= 0.6 is 0 Å². The van der Waals surface area contributed by atoms with Gasteiger partial charge in [-0.15, -0.1) is 0 Å². The van der Waals surface area contributed by atoms with Gasteiger partial charge in [-0.25, -0.2) is 0 Å². The third-order valence-electron chi connectivity index (χ3n) is 4.91. The van der Waals surface area contributed by atoms with E-state index in [0.717, 1.165) is 5.69 Å². The van der Waals surface area contributed by atoms with Crippen LogP contribution in [-0.2, 0) is 19.1 Å². The molecule has 0 aromatic heterocycles. The molecule has 7 nitrogen and oxygen atoms in total. The van der Waals surface area contributed by atoms with Gasteiger partial charge in [-0.2, -0.15) is 0 Å². The van der Waals surface area contributed by atoms with Crippen molar-refractivity contribution >= 4 is 23.2 Å². The van der Waals surface area contributed by atoms with Crippen molar-refractivity contribution in [2.24, 2.45) is 0 Å². The number of benzene rings is 1. The number of ketones is 2. The van der Waals surface area contributed by atoms with Gasteiger partial charge in [0.2, 0.25) is 0 Å². The second-order valence-electron chi connectivity index (χ2n) is 6.61. The summed E-state index contributed by atoms with van der Waals surface area (Å²) in [6.07, 6.45) is 1.59. The summed E-state index contributed by atoms with van der Waals surface area (Å²) >= 11 is 0. The van der Waals surface area contributed by atoms with E-state index in [-0.39, 0.29) is 30.6 Å². The molecule has 27 heavy (non-hydrogen) atoms. The first-order valence-corrected chi connectivity index (χ1v) is 8.90. The third kappa shape index (κ3) is 3.29. The molecule has 0 amide bonds. The molecule has 0 bridgehead atoms. The quantitative estimate of drug-likeness (QED) is 0.733. The lowest BCUT2D eigenvalue weighted by Gasteiger charge is -2.42. The summed E-state index contributed by atoms with van der Waals surface area (Å²) in [6.45, 7) is 3.85. The van der Waals surface area contributed by atoms with Crippen LogP contribution in [0.15, 0.2) is 23.9 Å². The van der Waals surface area contributed by atoms with E-state index >= 15 is 0 Å². The summed E-state index contributed by atoms with van der Waals surface area (Å²) in [4.78, 5) is 39.2. The molecule has 144 valence electrons. The number of methoxy groups -OCH3 is 2. The van der Waals surface area contributed by atoms with Gasteiger partial charge >= 0.3 is 5.97 Å². The lowest BCUT2D eigenvalue weighted by Crippen LogP contribution is -2.45. The Morgan fingerprint density at radius 1 is 1.19 bits per heavy atom. The van der Waals surface area contributed by atoms with Crippen LogP contribution in [0.25, 0.3) is 0 Å². The van der Waals surface area contributed by atoms with Crippen molar-refractivity contribution in [2.75, 3.05) is 25.7 Å². The second kappa shape index (κ2) is 7.42. The number of carbonyl (C=O) groups excluding carboxylic acids is 3. The van der Waals surface area contributed by atoms with Crippen molar-refractivity contribution in [3.8, 4) is 11.5 Å². The molecule has 0 aliphatic carbocycles. The van der Waals surface area contributed by atoms with E-state index in [1.165, 1.54) is 20.3 Å². The summed E-state index contributed by atoms with van der Waals surface area (Å²) in [6, 6.07) is 3.34. The summed E-state index contributed by atoms with van der Waals surface area (Å²) in [5.41, 5.74) is 1.73. The van der Waals surface area contributed by atoms with Crippen molar-refractivity contribution in [3.05, 3.63) is 29.5 Å². The molecule has 0 saturated carbocycles. The second-order valence-corrected chi connectivity index (χ2v) is 6.61. The molecule has 2 aliphatic rings. The Bertz CT molecular complexity index is 828. The first-order valence-electron chi connectivity index (χ1n) is 8.90. The molecule has 1 aromatic rings. The Morgan fingerprint density at radius 2 is 1.85 bits per heavy atom. The zero-order valence-corrected chi connectivity index (χ0v) is 15.9. The molecule has 3 rings (SSSR count). The van der Waals surface area contributed by atoms with Crippen molar-refractivity contribution in [1.82, 2.24) is 0 Å². The molecule has 2 atom stereocenters. The van der Waals surface area contributed by atoms with Crippen LogP contribution in [0.1, 0.15) is 38.2 Å². The van der Waals surface area contributed by atoms with Crippen molar-refractivity contribution in [3.63, 3.8) is 0 Å². The standard InChI is InChI=1S/C20H23NO6/c1-5-27-19(23)9-14-13-8-17(25-3)18(26-4)10-15(13)21-11(2)6-12(22)7-16(21)20(14)24/h7-8,10-11,14H,5-6,9H2,1-4H3. The molecule has 0 saturated heterocycles. The normalized spacial score (nSPS) is 21.2. The molecule has 2 unspecified atom stereocenters. The maximum absolute atomic E-state index is 13.2. The molecule has 2 aliphatic heterocycles. The molecule has 7 heteroatoms. The smallest absolute Gasteiger partial charge is 0.306 e. The Labute approximate surface area is 157 Å². The van der Waals surface area contributed by atoms with Gasteiger partial charge in [0.15, 0.2) is 23.1 Å². The summed E-state index contributed by atoms with van der Waals surface area (Å²) < 4.78 is 15.8. The van der Waals surface area contributed by atoms with Gasteiger partial charge in [0.1, 0.15) is 0 Å². The third-order valence-corrected chi connectivity index (χ3v) is 4.91. The number of ether oxygens (including phenoxy) is 3. The fourth-order valence-electron chi connectivity index (χ4n) is 3.74. The topological polar surface area (TPSA) is 82.1 Å². The zero-order chi connectivity index (χ0) is 19.7. The van der Waals surface area contributed by atoms with Crippen LogP contribution in [0.3, 0.4) is 0 Å². The van der Waals surface area contributed by atoms with E-state index in [0.29, 0.717) is 29.2 Å². The number of carbonyl (C=O) groups is 3. The van der Waals surface area contributed by atoms with Crippen LogP contribution in [-0.4, -0.2) is 44.4 Å². The van der Waals surface area contributed by atoms with Crippen molar-refractivity contribution < 1.29 is 28.6 Å². The highest BCUT2D eigenvalue weighted by molar-refractivity contribution is 6.13. The number of anilines is 1. The van der Waals surface area contributed by atoms with E-state index in [4.69, 9.17) is 14.2 Å². The van der Waals surface area contributed by atoms with Gasteiger partial charge in [0.25, 0.3) is 0 Å². The number of fused-ring (bicyclic) bond motifs is 3. The first-order chi connectivity index (χ1) is 12.9. The largest absolute Gasteiger partial charge is 0.493 e. The van der Waals surface area contributed by atoms with E-state index < -0.39 is 11.9 Å². The first kappa shape index (κ1) is 18.9. The fourth-order valence-corrected chi connectivity index (χ4v) is 3.74. The zero-order valence-electron chi connectivity index (χ0n) is 15.9. The predicted octanol–water partition coefficient (Wildman–Crippen LogP) is 2.37. The van der Waals surface area contributed by atoms with E-state index in [1.807, 2.05) is 11.8 Å². The number of esters is 1. The molecule has 0 N–H and O–H groups in total. The number of nitrogens with zero attached hydrogens (tertiary/aromatic N) is 1. The highest BCUT2D eigenvalue weighted by Gasteiger charge is 2.42. The van der Waals surface area contributed by atoms with E-state index in [2.05, 4.69) is 0 Å². The molecule has 0 spiro atoms. The van der Waals surface area contributed by atoms with Gasteiger partial charge in [0.05, 0.1) is 38.9 Å². The van der Waals surface area contributed by atoms with Crippen LogP contribution < -0.4 is 14.4 Å². The predicted molar refractivity (Wildman–Crippen MR) is 98.2 cm³/mol. The van der Waals surface area contributed by atoms with Gasteiger partial charge in [-0.1, -0.05) is 0 Å². The average molecular weight is 373 g/mol. The number of Topliss-reactive ketones (excluding diaryl/α,β-unsaturated/α-hetero) is 1. The maximum Gasteiger partial charge on any atom is 0.306 e. The average Bonchev–Trinajstić information content (AvgIpc) is 2.63. The Hall–Kier alpha value is -2.83. The molecule has 1 aromatic carbocycles. The minimum atomic E-state index is -0.737. The molecule has 0 fully saturated rings. The Kier molecular flexibility index (Phi) is 5.21. The van der Waals surface area contributed by atoms with Gasteiger partial charge in [0, 0.05) is 30.3 Å². The Morgan fingerprint density at radius 3 is 2.48 bits per heavy atom. The minimum absolute atomic E-state index is 0.0943. The van der Waals surface area contributed by atoms with Crippen molar-refractivity contribution in [1.29, 1.82) is 0 Å². The van der Waals surface area contributed by atoms with Crippen LogP contribution in [0.2, 0.25) is 0 Å². The maximum atomic E-state index is 13.2. The SMILES string of the molecule is CCOC(=O)CC1C(=O)C2=CC(=O)CC(C)N2c2cc(OC)c(OC)cc21. The molecular weight excluding hydrogens is 350 g/mol. The number of hydrogen-bond acceptors (Lipinski definition) is 7. The molecular formula is C20H23NO6. The van der Waals surface area contributed by atoms with Crippen LogP contribution in [0, 0.1) is 0 Å². The van der Waals surface area contributed by atoms with Gasteiger partial charge in [-0.3, -0.25) is 14.4 Å². The monoisotopic (exact) mass is 373 g/mol. The summed E-state index contributed by atoms with van der Waals surface area (Å²) in [7, 11) is 3.05. The van der Waals surface area contributed by atoms with Gasteiger partial charge in [-0.05, 0) is 25.5 Å². The highest BCUT2D eigenvalue weighted by Crippen LogP contribution is 2.47. The summed E-state index contributed by atoms with van der Waals surface area (Å²) in [5.74, 6) is -0.557. The molecule has 0 radical (unpaired) electrons. The van der Waals surface area contributed by atoms with Gasteiger partial charge < -0.3 is 19.1 Å². The summed E-state index contributed by atoms with van der Waals surface area (Å²) in [5, 5.41) is 0. The fraction of sp³-hybridized carbons (Fsp3) is 0.450. The minimum Gasteiger partial charge on any atom is -0.493 e. The number of rotatable bonds is 5. The van der Waals surface area contributed by atoms with Crippen LogP contribution in [0.5, 0.6) is 11.5 Å². The van der Waals surface area contributed by atoms with E-state index in [9.17, 15) is 14.4 Å². The molecule has 2 heterocycles. The number of allylic oxidation sites excluding steroid dienone is 2. The van der Waals surface area contributed by atoms with E-state index in [1.54, 1.807) is 19.1 Å². The lowest BCUT2D eigenvalue weighted by molar-refractivity contribution is -0.144. The van der Waals surface area contributed by atoms with Crippen molar-refractivity contribution in [2.45, 2.75) is 38.6 Å². The lowest BCUT2D eigenvalue weighted by atomic mass is 9.81. The highest BCUT2D eigenvalue weighted by atomic mass is 16.5. The van der Waals surface area contributed by atoms with Crippen LogP contribution in [0.4, 0.5) is 5.69 Å². The Balaban J connectivity index is 2.18.